The highest BCUT2D eigenvalue weighted by Crippen LogP contribution is 2.19. The first-order valence-electron chi connectivity index (χ1n) is 7.18. The van der Waals surface area contributed by atoms with E-state index in [0.717, 1.165) is 11.3 Å². The summed E-state index contributed by atoms with van der Waals surface area (Å²) >= 11 is 5.88. The third-order valence-corrected chi connectivity index (χ3v) is 3.65. The molecule has 0 saturated carbocycles. The molecular formula is C18H15ClN2O2. The number of carbonyl (C=O) groups excluding carboxylic acids is 1. The smallest absolute Gasteiger partial charge is 0.251 e. The summed E-state index contributed by atoms with van der Waals surface area (Å²) in [5.41, 5.74) is 3.42. The largest absolute Gasteiger partial charge is 0.359 e. The lowest BCUT2D eigenvalue weighted by molar-refractivity contribution is 0.0947. The highest BCUT2D eigenvalue weighted by molar-refractivity contribution is 6.30. The zero-order chi connectivity index (χ0) is 16.2. The molecule has 1 aromatic heterocycles. The van der Waals surface area contributed by atoms with Crippen LogP contribution < -0.4 is 5.32 Å². The summed E-state index contributed by atoms with van der Waals surface area (Å²) in [6.45, 7) is 2.30. The second-order valence-corrected chi connectivity index (χ2v) is 5.67. The van der Waals surface area contributed by atoms with Crippen LogP contribution in [-0.2, 0) is 6.54 Å². The summed E-state index contributed by atoms with van der Waals surface area (Å²) in [5.74, 6) is 0.386. The van der Waals surface area contributed by atoms with E-state index in [2.05, 4.69) is 10.5 Å². The fraction of sp³-hybridized carbons (Fsp3) is 0.111. The van der Waals surface area contributed by atoms with Gasteiger partial charge in [0.05, 0.1) is 6.54 Å². The van der Waals surface area contributed by atoms with Crippen molar-refractivity contribution in [2.75, 3.05) is 0 Å². The molecule has 5 heteroatoms. The van der Waals surface area contributed by atoms with E-state index < -0.39 is 0 Å². The molecular weight excluding hydrogens is 312 g/mol. The van der Waals surface area contributed by atoms with Crippen LogP contribution in [0.15, 0.2) is 59.1 Å². The van der Waals surface area contributed by atoms with Gasteiger partial charge in [0.1, 0.15) is 5.69 Å². The Morgan fingerprint density at radius 3 is 2.70 bits per heavy atom. The van der Waals surface area contributed by atoms with Crippen LogP contribution in [0.1, 0.15) is 21.7 Å². The Balaban J connectivity index is 1.65. The number of hydrogen-bond donors (Lipinski definition) is 1. The van der Waals surface area contributed by atoms with Gasteiger partial charge >= 0.3 is 0 Å². The topological polar surface area (TPSA) is 55.1 Å². The molecule has 2 aromatic carbocycles. The normalized spacial score (nSPS) is 10.5. The highest BCUT2D eigenvalue weighted by Gasteiger charge is 2.09. The molecule has 1 amide bonds. The van der Waals surface area contributed by atoms with E-state index in [0.29, 0.717) is 16.3 Å². The number of amides is 1. The number of aryl methyl sites for hydroxylation is 1. The van der Waals surface area contributed by atoms with E-state index in [4.69, 9.17) is 16.1 Å². The molecule has 116 valence electrons. The van der Waals surface area contributed by atoms with E-state index in [9.17, 15) is 4.79 Å². The van der Waals surface area contributed by atoms with Gasteiger partial charge < -0.3 is 9.84 Å². The zero-order valence-electron chi connectivity index (χ0n) is 12.5. The number of nitrogens with one attached hydrogen (secondary N) is 1. The van der Waals surface area contributed by atoms with Gasteiger partial charge in [0.25, 0.3) is 5.91 Å². The third kappa shape index (κ3) is 3.79. The van der Waals surface area contributed by atoms with Crippen molar-refractivity contribution in [3.05, 3.63) is 76.5 Å². The first-order chi connectivity index (χ1) is 11.1. The standard InChI is InChI=1S/C18H15ClN2O2/c1-12-5-7-13(8-6-12)17-10-16(23-21-17)11-20-18(22)14-3-2-4-15(19)9-14/h2-10H,11H2,1H3,(H,20,22). The fourth-order valence-corrected chi connectivity index (χ4v) is 2.35. The summed E-state index contributed by atoms with van der Waals surface area (Å²) in [4.78, 5) is 12.1. The van der Waals surface area contributed by atoms with Crippen LogP contribution in [-0.4, -0.2) is 11.1 Å². The maximum Gasteiger partial charge on any atom is 0.251 e. The second-order valence-electron chi connectivity index (χ2n) is 5.24. The Morgan fingerprint density at radius 1 is 1.17 bits per heavy atom. The molecule has 0 fully saturated rings. The summed E-state index contributed by atoms with van der Waals surface area (Å²) < 4.78 is 5.27. The molecule has 23 heavy (non-hydrogen) atoms. The second kappa shape index (κ2) is 6.67. The first kappa shape index (κ1) is 15.3. The molecule has 3 aromatic rings. The van der Waals surface area contributed by atoms with Crippen LogP contribution >= 0.6 is 11.6 Å². The van der Waals surface area contributed by atoms with Gasteiger partial charge in [-0.3, -0.25) is 4.79 Å². The van der Waals surface area contributed by atoms with Crippen LogP contribution in [0, 0.1) is 6.92 Å². The molecule has 0 saturated heterocycles. The van der Waals surface area contributed by atoms with Gasteiger partial charge in [-0.05, 0) is 25.1 Å². The lowest BCUT2D eigenvalue weighted by Gasteiger charge is -2.02. The van der Waals surface area contributed by atoms with Gasteiger partial charge in [-0.2, -0.15) is 0 Å². The van der Waals surface area contributed by atoms with E-state index in [1.54, 1.807) is 24.3 Å². The summed E-state index contributed by atoms with van der Waals surface area (Å²) in [6.07, 6.45) is 0. The van der Waals surface area contributed by atoms with Crippen LogP contribution in [0.4, 0.5) is 0 Å². The maximum absolute atomic E-state index is 12.1. The molecule has 0 atom stereocenters. The average molecular weight is 327 g/mol. The molecule has 0 bridgehead atoms. The molecule has 0 aliphatic carbocycles. The van der Waals surface area contributed by atoms with Gasteiger partial charge in [-0.1, -0.05) is 52.7 Å². The summed E-state index contributed by atoms with van der Waals surface area (Å²) in [5, 5.41) is 7.35. The Kier molecular flexibility index (Phi) is 4.44. The zero-order valence-corrected chi connectivity index (χ0v) is 13.3. The molecule has 1 heterocycles. The van der Waals surface area contributed by atoms with Crippen molar-refractivity contribution in [2.45, 2.75) is 13.5 Å². The molecule has 0 aliphatic heterocycles. The number of carbonyl (C=O) groups is 1. The van der Waals surface area contributed by atoms with E-state index >= 15 is 0 Å². The van der Waals surface area contributed by atoms with Crippen LogP contribution in [0.25, 0.3) is 11.3 Å². The average Bonchev–Trinajstić information content (AvgIpc) is 3.02. The van der Waals surface area contributed by atoms with Crippen LogP contribution in [0.2, 0.25) is 5.02 Å². The Morgan fingerprint density at radius 2 is 1.96 bits per heavy atom. The minimum absolute atomic E-state index is 0.208. The molecule has 4 nitrogen and oxygen atoms in total. The summed E-state index contributed by atoms with van der Waals surface area (Å²) in [6, 6.07) is 16.6. The fourth-order valence-electron chi connectivity index (χ4n) is 2.16. The van der Waals surface area contributed by atoms with Crippen molar-refractivity contribution in [3.8, 4) is 11.3 Å². The number of aromatic nitrogens is 1. The van der Waals surface area contributed by atoms with Gasteiger partial charge in [0.2, 0.25) is 0 Å². The highest BCUT2D eigenvalue weighted by atomic mass is 35.5. The van der Waals surface area contributed by atoms with Crippen molar-refractivity contribution in [1.29, 1.82) is 0 Å². The van der Waals surface area contributed by atoms with Gasteiger partial charge in [0.15, 0.2) is 5.76 Å². The molecule has 0 aliphatic rings. The van der Waals surface area contributed by atoms with Crippen molar-refractivity contribution < 1.29 is 9.32 Å². The molecule has 1 N–H and O–H groups in total. The van der Waals surface area contributed by atoms with Gasteiger partial charge in [-0.25, -0.2) is 0 Å². The van der Waals surface area contributed by atoms with Gasteiger partial charge in [0, 0.05) is 22.2 Å². The monoisotopic (exact) mass is 326 g/mol. The number of benzene rings is 2. The van der Waals surface area contributed by atoms with E-state index in [1.165, 1.54) is 5.56 Å². The molecule has 0 spiro atoms. The quantitative estimate of drug-likeness (QED) is 0.780. The van der Waals surface area contributed by atoms with Crippen molar-refractivity contribution in [3.63, 3.8) is 0 Å². The number of rotatable bonds is 4. The van der Waals surface area contributed by atoms with Crippen molar-refractivity contribution >= 4 is 17.5 Å². The maximum atomic E-state index is 12.1. The predicted molar refractivity (Wildman–Crippen MR) is 89.3 cm³/mol. The van der Waals surface area contributed by atoms with Crippen LogP contribution in [0.3, 0.4) is 0 Å². The SMILES string of the molecule is Cc1ccc(-c2cc(CNC(=O)c3cccc(Cl)c3)on2)cc1. The first-order valence-corrected chi connectivity index (χ1v) is 7.56. The number of nitrogens with zero attached hydrogens (tertiary/aromatic N) is 1. The third-order valence-electron chi connectivity index (χ3n) is 3.42. The summed E-state index contributed by atoms with van der Waals surface area (Å²) in [7, 11) is 0. The minimum Gasteiger partial charge on any atom is -0.359 e. The number of hydrogen-bond acceptors (Lipinski definition) is 3. The predicted octanol–water partition coefficient (Wildman–Crippen LogP) is 4.23. The van der Waals surface area contributed by atoms with E-state index in [-0.39, 0.29) is 12.5 Å². The molecule has 0 unspecified atom stereocenters. The molecule has 3 rings (SSSR count). The Labute approximate surface area is 139 Å². The molecule has 0 radical (unpaired) electrons. The Bertz CT molecular complexity index is 825. The Hall–Kier alpha value is -2.59. The van der Waals surface area contributed by atoms with Gasteiger partial charge in [-0.15, -0.1) is 0 Å². The van der Waals surface area contributed by atoms with Crippen LogP contribution in [0.5, 0.6) is 0 Å². The minimum atomic E-state index is -0.208. The van der Waals surface area contributed by atoms with Crippen molar-refractivity contribution in [1.82, 2.24) is 10.5 Å². The lowest BCUT2D eigenvalue weighted by atomic mass is 10.1. The number of halogens is 1. The van der Waals surface area contributed by atoms with E-state index in [1.807, 2.05) is 37.3 Å². The van der Waals surface area contributed by atoms with Crippen molar-refractivity contribution in [2.24, 2.45) is 0 Å². The lowest BCUT2D eigenvalue weighted by Crippen LogP contribution is -2.22.